The Bertz CT molecular complexity index is 942. The number of rotatable bonds is 1. The van der Waals surface area contributed by atoms with Crippen molar-refractivity contribution in [1.82, 2.24) is 20.6 Å². The molecule has 0 aliphatic carbocycles. The zero-order valence-corrected chi connectivity index (χ0v) is 11.3. The van der Waals surface area contributed by atoms with Gasteiger partial charge < -0.3 is 4.74 Å². The van der Waals surface area contributed by atoms with Crippen LogP contribution in [0.2, 0.25) is 0 Å². The average molecular weight is 324 g/mol. The van der Waals surface area contributed by atoms with Crippen molar-refractivity contribution in [3.63, 3.8) is 0 Å². The van der Waals surface area contributed by atoms with Crippen LogP contribution in [0, 0.1) is 0 Å². The number of aromatic amines is 1. The number of hydrogen-bond donors (Lipinski definition) is 1. The zero-order chi connectivity index (χ0) is 14.4. The Morgan fingerprint density at radius 3 is 2.55 bits per heavy atom. The molecule has 0 atom stereocenters. The van der Waals surface area contributed by atoms with Gasteiger partial charge in [-0.05, 0) is 40.8 Å². The van der Waals surface area contributed by atoms with E-state index in [0.29, 0.717) is 22.9 Å². The van der Waals surface area contributed by atoms with Gasteiger partial charge in [-0.25, -0.2) is 13.5 Å². The number of nitrogens with one attached hydrogen (secondary N) is 1. The quantitative estimate of drug-likeness (QED) is 0.528. The first-order valence-corrected chi connectivity index (χ1v) is 7.55. The van der Waals surface area contributed by atoms with Crippen LogP contribution in [0.25, 0.3) is 11.4 Å². The van der Waals surface area contributed by atoms with Gasteiger partial charge in [-0.2, -0.15) is 0 Å². The van der Waals surface area contributed by atoms with Crippen LogP contribution in [0.5, 0.6) is 11.5 Å². The predicted molar refractivity (Wildman–Crippen MR) is 78.7 cm³/mol. The number of tetrazole rings is 1. The number of ether oxygens (including phenoxy) is 1. The second-order valence-electron chi connectivity index (χ2n) is 4.46. The predicted octanol–water partition coefficient (Wildman–Crippen LogP) is 1.16. The SMILES string of the molecule is O=S1(=O)c2ccccc2Oc2ccc(-c3nnn[nH]3)cc21.[NaH]. The third kappa shape index (κ3) is 2.24. The fourth-order valence-electron chi connectivity index (χ4n) is 2.22. The third-order valence-electron chi connectivity index (χ3n) is 3.21. The van der Waals surface area contributed by atoms with Gasteiger partial charge in [-0.3, -0.25) is 0 Å². The average Bonchev–Trinajstić information content (AvgIpc) is 3.01. The molecule has 1 aliphatic heterocycles. The van der Waals surface area contributed by atoms with Crippen LogP contribution in [0.4, 0.5) is 0 Å². The summed E-state index contributed by atoms with van der Waals surface area (Å²) in [5.74, 6) is 1.02. The topological polar surface area (TPSA) is 97.8 Å². The molecule has 0 amide bonds. The molecule has 0 fully saturated rings. The molecule has 4 rings (SSSR count). The number of H-pyrrole nitrogens is 1. The number of benzene rings is 2. The molecule has 106 valence electrons. The van der Waals surface area contributed by atoms with Crippen molar-refractivity contribution in [2.45, 2.75) is 9.79 Å². The van der Waals surface area contributed by atoms with Crippen LogP contribution >= 0.6 is 0 Å². The van der Waals surface area contributed by atoms with Crippen molar-refractivity contribution in [3.8, 4) is 22.9 Å². The van der Waals surface area contributed by atoms with E-state index in [0.717, 1.165) is 0 Å². The molecular weight excluding hydrogens is 315 g/mol. The Morgan fingerprint density at radius 2 is 1.77 bits per heavy atom. The van der Waals surface area contributed by atoms with Crippen LogP contribution in [0.15, 0.2) is 52.3 Å². The molecule has 22 heavy (non-hydrogen) atoms. The van der Waals surface area contributed by atoms with E-state index in [2.05, 4.69) is 20.6 Å². The molecule has 0 saturated heterocycles. The van der Waals surface area contributed by atoms with Gasteiger partial charge in [0, 0.05) is 5.56 Å². The van der Waals surface area contributed by atoms with E-state index in [-0.39, 0.29) is 39.3 Å². The fourth-order valence-corrected chi connectivity index (χ4v) is 3.75. The first kappa shape index (κ1) is 15.2. The van der Waals surface area contributed by atoms with E-state index >= 15 is 0 Å². The summed E-state index contributed by atoms with van der Waals surface area (Å²) >= 11 is 0. The van der Waals surface area contributed by atoms with Crippen LogP contribution in [-0.2, 0) is 9.84 Å². The first-order valence-electron chi connectivity index (χ1n) is 6.06. The maximum atomic E-state index is 12.7. The van der Waals surface area contributed by atoms with Crippen LogP contribution in [0.3, 0.4) is 0 Å². The van der Waals surface area contributed by atoms with Crippen LogP contribution in [-0.4, -0.2) is 58.6 Å². The summed E-state index contributed by atoms with van der Waals surface area (Å²) in [5, 5.41) is 13.3. The first-order chi connectivity index (χ1) is 10.2. The Balaban J connectivity index is 0.00000144. The van der Waals surface area contributed by atoms with E-state index < -0.39 is 9.84 Å². The molecule has 0 unspecified atom stereocenters. The van der Waals surface area contributed by atoms with Gasteiger partial charge >= 0.3 is 29.6 Å². The summed E-state index contributed by atoms with van der Waals surface area (Å²) < 4.78 is 31.0. The molecule has 9 heteroatoms. The normalized spacial score (nSPS) is 14.2. The Morgan fingerprint density at radius 1 is 1.00 bits per heavy atom. The van der Waals surface area contributed by atoms with Gasteiger partial charge in [0.25, 0.3) is 0 Å². The van der Waals surface area contributed by atoms with E-state index in [1.165, 1.54) is 12.1 Å². The molecule has 0 saturated carbocycles. The molecule has 2 heterocycles. The number of hydrogen-bond acceptors (Lipinski definition) is 6. The molecule has 3 aromatic rings. The maximum absolute atomic E-state index is 12.7. The molecule has 0 radical (unpaired) electrons. The second kappa shape index (κ2) is 5.47. The second-order valence-corrected chi connectivity index (χ2v) is 6.35. The van der Waals surface area contributed by atoms with Gasteiger partial charge in [-0.15, -0.1) is 5.10 Å². The molecular formula is C13H9N4NaO3S. The van der Waals surface area contributed by atoms with Crippen molar-refractivity contribution in [2.24, 2.45) is 0 Å². The standard InChI is InChI=1S/C13H8N4O3S.Na.H/c18-21(19)11-4-2-1-3-9(11)20-10-6-5-8(7-12(10)21)13-14-16-17-15-13;;/h1-7H,(H,14,15,16,17);;. The Labute approximate surface area is 147 Å². The number of fused-ring (bicyclic) bond motifs is 2. The minimum atomic E-state index is -3.62. The summed E-state index contributed by atoms with van der Waals surface area (Å²) in [6.07, 6.45) is 0. The van der Waals surface area contributed by atoms with Crippen molar-refractivity contribution in [3.05, 3.63) is 42.5 Å². The summed E-state index contributed by atoms with van der Waals surface area (Å²) in [5.41, 5.74) is 0.574. The van der Waals surface area contributed by atoms with Gasteiger partial charge in [0.2, 0.25) is 9.84 Å². The summed E-state index contributed by atoms with van der Waals surface area (Å²) in [6, 6.07) is 11.3. The molecule has 1 aromatic heterocycles. The van der Waals surface area contributed by atoms with Crippen LogP contribution < -0.4 is 4.74 Å². The van der Waals surface area contributed by atoms with E-state index in [4.69, 9.17) is 4.74 Å². The van der Waals surface area contributed by atoms with Gasteiger partial charge in [0.1, 0.15) is 21.3 Å². The summed E-state index contributed by atoms with van der Waals surface area (Å²) in [7, 11) is -3.62. The van der Waals surface area contributed by atoms with Gasteiger partial charge in [0.15, 0.2) is 5.82 Å². The molecule has 1 aliphatic rings. The van der Waals surface area contributed by atoms with Crippen LogP contribution in [0.1, 0.15) is 0 Å². The minimum absolute atomic E-state index is 0. The van der Waals surface area contributed by atoms with Crippen molar-refractivity contribution >= 4 is 39.4 Å². The molecule has 0 bridgehead atoms. The molecule has 2 aromatic carbocycles. The van der Waals surface area contributed by atoms with E-state index in [1.807, 2.05) is 0 Å². The monoisotopic (exact) mass is 324 g/mol. The van der Waals surface area contributed by atoms with E-state index in [1.54, 1.807) is 30.3 Å². The molecule has 0 spiro atoms. The van der Waals surface area contributed by atoms with Crippen molar-refractivity contribution in [2.75, 3.05) is 0 Å². The molecule has 1 N–H and O–H groups in total. The van der Waals surface area contributed by atoms with E-state index in [9.17, 15) is 8.42 Å². The fraction of sp³-hybridized carbons (Fsp3) is 0. The van der Waals surface area contributed by atoms with Gasteiger partial charge in [-0.1, -0.05) is 12.1 Å². The van der Waals surface area contributed by atoms with Crippen molar-refractivity contribution in [1.29, 1.82) is 0 Å². The number of nitrogens with zero attached hydrogens (tertiary/aromatic N) is 3. The third-order valence-corrected chi connectivity index (χ3v) is 5.02. The van der Waals surface area contributed by atoms with Crippen molar-refractivity contribution < 1.29 is 13.2 Å². The Kier molecular flexibility index (Phi) is 3.77. The van der Waals surface area contributed by atoms with Gasteiger partial charge in [0.05, 0.1) is 0 Å². The number of sulfone groups is 1. The number of aromatic nitrogens is 4. The summed E-state index contributed by atoms with van der Waals surface area (Å²) in [4.78, 5) is 0.264. The molecule has 7 nitrogen and oxygen atoms in total. The zero-order valence-electron chi connectivity index (χ0n) is 10.5. The number of para-hydroxylation sites is 1. The summed E-state index contributed by atoms with van der Waals surface area (Å²) in [6.45, 7) is 0. The Hall–Kier alpha value is -1.74.